The Hall–Kier alpha value is -3.58. The number of hydrogen-bond donors (Lipinski definition) is 0. The van der Waals surface area contributed by atoms with Gasteiger partial charge in [-0.05, 0) is 35.9 Å². The van der Waals surface area contributed by atoms with Gasteiger partial charge in [-0.3, -0.25) is 19.3 Å². The lowest BCUT2D eigenvalue weighted by Gasteiger charge is -2.33. The lowest BCUT2D eigenvalue weighted by atomic mass is 10.0. The lowest BCUT2D eigenvalue weighted by Crippen LogP contribution is -2.50. The van der Waals surface area contributed by atoms with E-state index in [0.29, 0.717) is 29.3 Å². The molecular formula is C26H22N2O4S. The molecule has 1 saturated heterocycles. The van der Waals surface area contributed by atoms with Crippen LogP contribution in [0.4, 0.5) is 11.4 Å². The summed E-state index contributed by atoms with van der Waals surface area (Å²) in [5.41, 5.74) is 2.85. The fraction of sp³-hybridized carbons (Fsp3) is 0.192. The Morgan fingerprint density at radius 2 is 1.67 bits per heavy atom. The number of fused-ring (bicyclic) bond motifs is 2. The molecule has 1 spiro atoms. The Balaban J connectivity index is 1.48. The zero-order chi connectivity index (χ0) is 23.0. The summed E-state index contributed by atoms with van der Waals surface area (Å²) >= 11 is 1.26. The molecule has 1 fully saturated rings. The second-order valence-corrected chi connectivity index (χ2v) is 9.00. The molecule has 7 heteroatoms. The van der Waals surface area contributed by atoms with Crippen LogP contribution in [0.25, 0.3) is 0 Å². The highest BCUT2D eigenvalue weighted by atomic mass is 32.2. The van der Waals surface area contributed by atoms with E-state index in [9.17, 15) is 14.4 Å². The second kappa shape index (κ2) is 8.41. The monoisotopic (exact) mass is 458 g/mol. The number of benzene rings is 3. The van der Waals surface area contributed by atoms with Gasteiger partial charge in [-0.15, -0.1) is 11.8 Å². The van der Waals surface area contributed by atoms with E-state index in [0.717, 1.165) is 5.56 Å². The molecule has 3 aromatic rings. The molecule has 166 valence electrons. The summed E-state index contributed by atoms with van der Waals surface area (Å²) in [6.07, 6.45) is 0.197. The van der Waals surface area contributed by atoms with Crippen molar-refractivity contribution in [1.29, 1.82) is 0 Å². The highest BCUT2D eigenvalue weighted by Gasteiger charge is 2.62. The molecule has 5 rings (SSSR count). The molecular weight excluding hydrogens is 436 g/mol. The van der Waals surface area contributed by atoms with Gasteiger partial charge in [0.05, 0.1) is 11.4 Å². The van der Waals surface area contributed by atoms with Gasteiger partial charge in [0.15, 0.2) is 0 Å². The van der Waals surface area contributed by atoms with E-state index in [-0.39, 0.29) is 24.0 Å². The number of thioether (sulfide) groups is 1. The molecule has 33 heavy (non-hydrogen) atoms. The van der Waals surface area contributed by atoms with E-state index in [1.807, 2.05) is 42.5 Å². The topological polar surface area (TPSA) is 66.9 Å². The van der Waals surface area contributed by atoms with Crippen molar-refractivity contribution in [3.63, 3.8) is 0 Å². The summed E-state index contributed by atoms with van der Waals surface area (Å²) in [6.45, 7) is 2.16. The second-order valence-electron chi connectivity index (χ2n) is 7.84. The number of imide groups is 1. The predicted molar refractivity (Wildman–Crippen MR) is 128 cm³/mol. The van der Waals surface area contributed by atoms with Gasteiger partial charge in [-0.2, -0.15) is 0 Å². The predicted octanol–water partition coefficient (Wildman–Crippen LogP) is 4.48. The molecule has 1 atom stereocenters. The van der Waals surface area contributed by atoms with Gasteiger partial charge in [0.1, 0.15) is 12.4 Å². The molecule has 6 nitrogen and oxygen atoms in total. The first-order valence-electron chi connectivity index (χ1n) is 10.8. The normalized spacial score (nSPS) is 19.3. The van der Waals surface area contributed by atoms with Crippen LogP contribution in [-0.4, -0.2) is 23.5 Å². The van der Waals surface area contributed by atoms with Gasteiger partial charge in [0.25, 0.3) is 5.91 Å². The van der Waals surface area contributed by atoms with Crippen molar-refractivity contribution in [3.05, 3.63) is 90.0 Å². The van der Waals surface area contributed by atoms with E-state index in [4.69, 9.17) is 4.74 Å². The smallest absolute Gasteiger partial charge is 0.275 e. The molecule has 0 bridgehead atoms. The fourth-order valence-corrected chi connectivity index (χ4v) is 5.66. The van der Waals surface area contributed by atoms with E-state index < -0.39 is 10.8 Å². The summed E-state index contributed by atoms with van der Waals surface area (Å²) < 4.78 is 5.87. The number of amides is 3. The molecule has 3 aromatic carbocycles. The van der Waals surface area contributed by atoms with Crippen molar-refractivity contribution in [1.82, 2.24) is 0 Å². The third kappa shape index (κ3) is 3.40. The van der Waals surface area contributed by atoms with E-state index in [1.165, 1.54) is 21.6 Å². The van der Waals surface area contributed by atoms with Crippen LogP contribution in [0, 0.1) is 0 Å². The summed E-state index contributed by atoms with van der Waals surface area (Å²) in [4.78, 5) is 40.9. The van der Waals surface area contributed by atoms with Crippen LogP contribution in [0.15, 0.2) is 78.9 Å². The number of nitrogens with zero attached hydrogens (tertiary/aromatic N) is 2. The van der Waals surface area contributed by atoms with Crippen LogP contribution in [0.1, 0.15) is 24.5 Å². The average molecular weight is 459 g/mol. The zero-order valence-electron chi connectivity index (χ0n) is 18.1. The van der Waals surface area contributed by atoms with Gasteiger partial charge >= 0.3 is 0 Å². The van der Waals surface area contributed by atoms with E-state index in [2.05, 4.69) is 0 Å². The first kappa shape index (κ1) is 21.3. The van der Waals surface area contributed by atoms with Crippen molar-refractivity contribution < 1.29 is 19.1 Å². The molecule has 2 aliphatic heterocycles. The Labute approximate surface area is 196 Å². The van der Waals surface area contributed by atoms with Crippen molar-refractivity contribution in [2.24, 2.45) is 0 Å². The van der Waals surface area contributed by atoms with Crippen LogP contribution in [0.5, 0.6) is 5.75 Å². The molecule has 0 unspecified atom stereocenters. The molecule has 2 heterocycles. The van der Waals surface area contributed by atoms with Crippen LogP contribution in [0.2, 0.25) is 0 Å². The van der Waals surface area contributed by atoms with Gasteiger partial charge in [0, 0.05) is 17.7 Å². The number of para-hydroxylation sites is 1. The summed E-state index contributed by atoms with van der Waals surface area (Å²) in [5.74, 6) is -0.0333. The number of hydrogen-bond acceptors (Lipinski definition) is 5. The quantitative estimate of drug-likeness (QED) is 0.564. The maximum Gasteiger partial charge on any atom is 0.275 e. The van der Waals surface area contributed by atoms with Crippen LogP contribution >= 0.6 is 11.8 Å². The molecule has 2 aliphatic rings. The molecule has 3 amide bonds. The van der Waals surface area contributed by atoms with Crippen molar-refractivity contribution in [2.75, 3.05) is 15.6 Å². The number of carbonyl (C=O) groups excluding carboxylic acids is 3. The molecule has 0 aromatic heterocycles. The average Bonchev–Trinajstić information content (AvgIpc) is 3.33. The number of anilines is 2. The molecule has 0 N–H and O–H groups in total. The van der Waals surface area contributed by atoms with Crippen molar-refractivity contribution in [3.8, 4) is 5.75 Å². The number of carbonyl (C=O) groups is 3. The Morgan fingerprint density at radius 3 is 2.39 bits per heavy atom. The van der Waals surface area contributed by atoms with E-state index >= 15 is 0 Å². The maximum absolute atomic E-state index is 13.7. The van der Waals surface area contributed by atoms with Gasteiger partial charge in [0.2, 0.25) is 16.7 Å². The van der Waals surface area contributed by atoms with Crippen LogP contribution in [0.3, 0.4) is 0 Å². The highest BCUT2D eigenvalue weighted by Crippen LogP contribution is 2.55. The first-order chi connectivity index (χ1) is 16.1. The Bertz CT molecular complexity index is 1230. The Kier molecular flexibility index (Phi) is 5.42. The fourth-order valence-electron chi connectivity index (χ4n) is 4.32. The third-order valence-electron chi connectivity index (χ3n) is 5.87. The van der Waals surface area contributed by atoms with E-state index in [1.54, 1.807) is 43.3 Å². The molecule has 0 radical (unpaired) electrons. The van der Waals surface area contributed by atoms with Crippen LogP contribution in [-0.2, 0) is 25.9 Å². The minimum absolute atomic E-state index is 0.153. The summed E-state index contributed by atoms with van der Waals surface area (Å²) in [5, 5.41) is 0. The van der Waals surface area contributed by atoms with Gasteiger partial charge < -0.3 is 4.74 Å². The minimum atomic E-state index is -1.29. The van der Waals surface area contributed by atoms with Gasteiger partial charge in [-0.1, -0.05) is 55.5 Å². The minimum Gasteiger partial charge on any atom is -0.489 e. The number of rotatable bonds is 5. The van der Waals surface area contributed by atoms with Crippen molar-refractivity contribution in [2.45, 2.75) is 24.8 Å². The largest absolute Gasteiger partial charge is 0.489 e. The number of ether oxygens (including phenoxy) is 1. The zero-order valence-corrected chi connectivity index (χ0v) is 18.9. The molecule has 0 saturated carbocycles. The lowest BCUT2D eigenvalue weighted by molar-refractivity contribution is -0.128. The third-order valence-corrected chi connectivity index (χ3v) is 7.25. The van der Waals surface area contributed by atoms with Crippen molar-refractivity contribution >= 4 is 40.9 Å². The molecule has 0 aliphatic carbocycles. The maximum atomic E-state index is 13.7. The highest BCUT2D eigenvalue weighted by molar-refractivity contribution is 8.02. The summed E-state index contributed by atoms with van der Waals surface area (Å²) in [7, 11) is 0. The SMILES string of the molecule is CCC(=O)N1C(=O)[C@@]2(SCC(=O)N2c2ccc(OCc3ccccc3)cc2)c2ccccc21. The van der Waals surface area contributed by atoms with Crippen LogP contribution < -0.4 is 14.5 Å². The Morgan fingerprint density at radius 1 is 0.970 bits per heavy atom. The first-order valence-corrected chi connectivity index (χ1v) is 11.8. The summed E-state index contributed by atoms with van der Waals surface area (Å²) in [6, 6.07) is 24.2. The van der Waals surface area contributed by atoms with Gasteiger partial charge in [-0.25, -0.2) is 4.90 Å². The standard InChI is InChI=1S/C26H22N2O4S/c1-2-23(29)27-22-11-7-6-10-21(22)26(25(27)31)28(24(30)17-33-26)19-12-14-20(15-13-19)32-16-18-8-4-3-5-9-18/h3-15H,2,16-17H2,1H3/t26-/m0/s1.